The van der Waals surface area contributed by atoms with Crippen LogP contribution in [0.1, 0.15) is 18.4 Å². The molecule has 1 heterocycles. The zero-order valence-electron chi connectivity index (χ0n) is 10.9. The largest absolute Gasteiger partial charge is 0.496 e. The number of hydrogen-bond donors (Lipinski definition) is 1. The van der Waals surface area contributed by atoms with Gasteiger partial charge in [-0.15, -0.1) is 0 Å². The number of hydrogen-bond acceptors (Lipinski definition) is 4. The van der Waals surface area contributed by atoms with Crippen LogP contribution in [0.25, 0.3) is 0 Å². The minimum atomic E-state index is -0.809. The molecule has 2 atom stereocenters. The standard InChI is InChI=1S/C14H18O5/c1-17-12-5-3-2-4-10(12)8-14-18-9-11(19-14)6-7-13(15)16/h2-5,11,14H,6-9H2,1H3,(H,15,16). The fraction of sp³-hybridized carbons (Fsp3) is 0.500. The molecule has 5 heteroatoms. The van der Waals surface area contributed by atoms with Crippen LogP contribution in [-0.4, -0.2) is 37.2 Å². The average Bonchev–Trinajstić information content (AvgIpc) is 2.85. The second-order valence-corrected chi connectivity index (χ2v) is 4.47. The van der Waals surface area contributed by atoms with Crippen LogP contribution in [0.2, 0.25) is 0 Å². The maximum Gasteiger partial charge on any atom is 0.303 e. The Morgan fingerprint density at radius 2 is 2.26 bits per heavy atom. The van der Waals surface area contributed by atoms with E-state index in [0.717, 1.165) is 11.3 Å². The summed E-state index contributed by atoms with van der Waals surface area (Å²) in [6.45, 7) is 0.451. The van der Waals surface area contributed by atoms with Gasteiger partial charge >= 0.3 is 5.97 Å². The van der Waals surface area contributed by atoms with Crippen molar-refractivity contribution in [2.75, 3.05) is 13.7 Å². The molecule has 0 radical (unpaired) electrons. The number of carboxylic acids is 1. The highest BCUT2D eigenvalue weighted by Gasteiger charge is 2.27. The third-order valence-corrected chi connectivity index (χ3v) is 3.07. The molecule has 0 bridgehead atoms. The zero-order chi connectivity index (χ0) is 13.7. The fourth-order valence-corrected chi connectivity index (χ4v) is 2.10. The molecule has 0 spiro atoms. The number of para-hydroxylation sites is 1. The van der Waals surface area contributed by atoms with Crippen molar-refractivity contribution in [2.45, 2.75) is 31.7 Å². The molecule has 104 valence electrons. The van der Waals surface area contributed by atoms with Crippen molar-refractivity contribution >= 4 is 5.97 Å². The highest BCUT2D eigenvalue weighted by molar-refractivity contribution is 5.66. The van der Waals surface area contributed by atoms with E-state index in [0.29, 0.717) is 19.4 Å². The van der Waals surface area contributed by atoms with Gasteiger partial charge < -0.3 is 19.3 Å². The first-order valence-corrected chi connectivity index (χ1v) is 6.30. The summed E-state index contributed by atoms with van der Waals surface area (Å²) in [6, 6.07) is 7.71. The molecule has 1 aromatic rings. The highest BCUT2D eigenvalue weighted by Crippen LogP contribution is 2.24. The summed E-state index contributed by atoms with van der Waals surface area (Å²) in [5.74, 6) is 0.000430. The lowest BCUT2D eigenvalue weighted by atomic mass is 10.1. The van der Waals surface area contributed by atoms with Crippen LogP contribution >= 0.6 is 0 Å². The van der Waals surface area contributed by atoms with Gasteiger partial charge in [0.05, 0.1) is 19.8 Å². The topological polar surface area (TPSA) is 65.0 Å². The normalized spacial score (nSPS) is 22.4. The number of carbonyl (C=O) groups is 1. The van der Waals surface area contributed by atoms with Crippen LogP contribution in [-0.2, 0) is 20.7 Å². The van der Waals surface area contributed by atoms with Gasteiger partial charge in [-0.25, -0.2) is 0 Å². The van der Waals surface area contributed by atoms with E-state index in [9.17, 15) is 4.79 Å². The van der Waals surface area contributed by atoms with Gasteiger partial charge in [0.1, 0.15) is 5.75 Å². The molecule has 0 aromatic heterocycles. The van der Waals surface area contributed by atoms with Gasteiger partial charge in [0, 0.05) is 12.8 Å². The SMILES string of the molecule is COc1ccccc1CC1OCC(CCC(=O)O)O1. The molecule has 2 rings (SSSR count). The third-order valence-electron chi connectivity index (χ3n) is 3.07. The summed E-state index contributed by atoms with van der Waals surface area (Å²) in [7, 11) is 1.63. The Morgan fingerprint density at radius 1 is 1.47 bits per heavy atom. The summed E-state index contributed by atoms with van der Waals surface area (Å²) in [5.41, 5.74) is 1.02. The van der Waals surface area contributed by atoms with E-state index >= 15 is 0 Å². The molecule has 19 heavy (non-hydrogen) atoms. The summed E-state index contributed by atoms with van der Waals surface area (Å²) in [5, 5.41) is 8.63. The third kappa shape index (κ3) is 3.94. The predicted molar refractivity (Wildman–Crippen MR) is 68.2 cm³/mol. The lowest BCUT2D eigenvalue weighted by Gasteiger charge is -2.13. The van der Waals surface area contributed by atoms with Crippen LogP contribution in [0.3, 0.4) is 0 Å². The van der Waals surface area contributed by atoms with Crippen molar-refractivity contribution < 1.29 is 24.1 Å². The lowest BCUT2D eigenvalue weighted by molar-refractivity contribution is -0.137. The van der Waals surface area contributed by atoms with Crippen molar-refractivity contribution in [3.05, 3.63) is 29.8 Å². The molecule has 1 N–H and O–H groups in total. The van der Waals surface area contributed by atoms with E-state index in [-0.39, 0.29) is 18.8 Å². The lowest BCUT2D eigenvalue weighted by Crippen LogP contribution is -2.16. The van der Waals surface area contributed by atoms with Crippen LogP contribution in [0, 0.1) is 0 Å². The zero-order valence-corrected chi connectivity index (χ0v) is 10.9. The first-order valence-electron chi connectivity index (χ1n) is 6.30. The second kappa shape index (κ2) is 6.54. The summed E-state index contributed by atoms with van der Waals surface area (Å²) in [6.07, 6.45) is 0.742. The minimum absolute atomic E-state index is 0.107. The van der Waals surface area contributed by atoms with Crippen LogP contribution < -0.4 is 4.74 Å². The van der Waals surface area contributed by atoms with Crippen molar-refractivity contribution in [3.8, 4) is 5.75 Å². The minimum Gasteiger partial charge on any atom is -0.496 e. The van der Waals surface area contributed by atoms with Gasteiger partial charge in [-0.1, -0.05) is 18.2 Å². The number of aliphatic carboxylic acids is 1. The molecule has 0 saturated carbocycles. The predicted octanol–water partition coefficient (Wildman–Crippen LogP) is 1.84. The van der Waals surface area contributed by atoms with Crippen LogP contribution in [0.15, 0.2) is 24.3 Å². The number of methoxy groups -OCH3 is 1. The maximum atomic E-state index is 10.5. The summed E-state index contributed by atoms with van der Waals surface area (Å²) in [4.78, 5) is 10.5. The Morgan fingerprint density at radius 3 is 3.00 bits per heavy atom. The van der Waals surface area contributed by atoms with Crippen LogP contribution in [0.5, 0.6) is 5.75 Å². The van der Waals surface area contributed by atoms with Crippen molar-refractivity contribution in [2.24, 2.45) is 0 Å². The van der Waals surface area contributed by atoms with Gasteiger partial charge in [-0.3, -0.25) is 4.79 Å². The van der Waals surface area contributed by atoms with Gasteiger partial charge in [-0.05, 0) is 18.1 Å². The molecule has 1 aliphatic rings. The molecule has 5 nitrogen and oxygen atoms in total. The van der Waals surface area contributed by atoms with Gasteiger partial charge in [0.25, 0.3) is 0 Å². The highest BCUT2D eigenvalue weighted by atomic mass is 16.7. The monoisotopic (exact) mass is 266 g/mol. The van der Waals surface area contributed by atoms with Crippen LogP contribution in [0.4, 0.5) is 0 Å². The first kappa shape index (κ1) is 13.8. The Labute approximate surface area is 112 Å². The van der Waals surface area contributed by atoms with E-state index < -0.39 is 5.97 Å². The van der Waals surface area contributed by atoms with E-state index in [1.807, 2.05) is 24.3 Å². The molecule has 1 aliphatic heterocycles. The number of carboxylic acid groups (broad SMARTS) is 1. The Kier molecular flexibility index (Phi) is 4.76. The number of benzene rings is 1. The number of rotatable bonds is 6. The molecule has 1 saturated heterocycles. The molecular formula is C14H18O5. The van der Waals surface area contributed by atoms with Crippen molar-refractivity contribution in [1.82, 2.24) is 0 Å². The molecule has 2 unspecified atom stereocenters. The Bertz CT molecular complexity index is 432. The van der Waals surface area contributed by atoms with Crippen molar-refractivity contribution in [1.29, 1.82) is 0 Å². The van der Waals surface area contributed by atoms with Crippen molar-refractivity contribution in [3.63, 3.8) is 0 Å². The quantitative estimate of drug-likeness (QED) is 0.851. The van der Waals surface area contributed by atoms with E-state index in [1.165, 1.54) is 0 Å². The summed E-state index contributed by atoms with van der Waals surface area (Å²) < 4.78 is 16.5. The van der Waals surface area contributed by atoms with Gasteiger partial charge in [0.15, 0.2) is 6.29 Å². The fourth-order valence-electron chi connectivity index (χ4n) is 2.10. The molecule has 0 aliphatic carbocycles. The maximum absolute atomic E-state index is 10.5. The Hall–Kier alpha value is -1.59. The molecule has 0 amide bonds. The average molecular weight is 266 g/mol. The van der Waals surface area contributed by atoms with Gasteiger partial charge in [0.2, 0.25) is 0 Å². The summed E-state index contributed by atoms with van der Waals surface area (Å²) >= 11 is 0. The second-order valence-electron chi connectivity index (χ2n) is 4.47. The van der Waals surface area contributed by atoms with Gasteiger partial charge in [-0.2, -0.15) is 0 Å². The Balaban J connectivity index is 1.86. The molecular weight excluding hydrogens is 248 g/mol. The molecule has 1 aromatic carbocycles. The van der Waals surface area contributed by atoms with E-state index in [4.69, 9.17) is 19.3 Å². The van der Waals surface area contributed by atoms with E-state index in [2.05, 4.69) is 0 Å². The molecule has 1 fully saturated rings. The first-order chi connectivity index (χ1) is 9.19. The smallest absolute Gasteiger partial charge is 0.303 e. The van der Waals surface area contributed by atoms with E-state index in [1.54, 1.807) is 7.11 Å². The number of ether oxygens (including phenoxy) is 3.